The van der Waals surface area contributed by atoms with Crippen LogP contribution in [0.25, 0.3) is 10.1 Å². The third-order valence-corrected chi connectivity index (χ3v) is 2.91. The van der Waals surface area contributed by atoms with Gasteiger partial charge in [-0.2, -0.15) is 5.26 Å². The number of hydrogen-bond acceptors (Lipinski definition) is 4. The van der Waals surface area contributed by atoms with E-state index in [1.807, 2.05) is 13.0 Å². The molecule has 0 spiro atoms. The summed E-state index contributed by atoms with van der Waals surface area (Å²) in [6.45, 7) is 1.88. The summed E-state index contributed by atoms with van der Waals surface area (Å²) in [5.41, 5.74) is 7.12. The Balaban J connectivity index is 2.99. The van der Waals surface area contributed by atoms with Crippen molar-refractivity contribution in [2.75, 3.05) is 5.73 Å². The lowest BCUT2D eigenvalue weighted by atomic mass is 10.2. The molecule has 4 heteroatoms. The van der Waals surface area contributed by atoms with Crippen LogP contribution in [-0.2, 0) is 0 Å². The smallest absolute Gasteiger partial charge is 0.105 e. The monoisotopic (exact) mass is 189 g/mol. The van der Waals surface area contributed by atoms with Crippen LogP contribution in [0.2, 0.25) is 0 Å². The Morgan fingerprint density at radius 2 is 2.38 bits per heavy atom. The predicted octanol–water partition coefficient (Wildman–Crippen LogP) is 2.06. The van der Waals surface area contributed by atoms with E-state index in [9.17, 15) is 0 Å². The van der Waals surface area contributed by atoms with E-state index in [-0.39, 0.29) is 0 Å². The first-order valence-corrected chi connectivity index (χ1v) is 4.59. The molecule has 0 fully saturated rings. The van der Waals surface area contributed by atoms with Gasteiger partial charge in [-0.3, -0.25) is 4.98 Å². The highest BCUT2D eigenvalue weighted by Gasteiger charge is 2.11. The number of rotatable bonds is 0. The molecule has 2 heterocycles. The van der Waals surface area contributed by atoms with Crippen LogP contribution in [0.15, 0.2) is 12.3 Å². The van der Waals surface area contributed by atoms with Crippen molar-refractivity contribution in [3.05, 3.63) is 23.5 Å². The van der Waals surface area contributed by atoms with Gasteiger partial charge < -0.3 is 5.73 Å². The summed E-state index contributed by atoms with van der Waals surface area (Å²) in [5.74, 6) is 0. The van der Waals surface area contributed by atoms with Gasteiger partial charge >= 0.3 is 0 Å². The largest absolute Gasteiger partial charge is 0.389 e. The SMILES string of the molecule is Cc1nccc2sc(N)c(C#N)c12. The second kappa shape index (κ2) is 2.71. The average Bonchev–Trinajstić information content (AvgIpc) is 2.42. The molecule has 0 aromatic carbocycles. The third kappa shape index (κ3) is 1.05. The minimum absolute atomic E-state index is 0.561. The van der Waals surface area contributed by atoms with Gasteiger partial charge in [-0.1, -0.05) is 0 Å². The van der Waals surface area contributed by atoms with E-state index in [1.54, 1.807) is 6.20 Å². The Kier molecular flexibility index (Phi) is 1.67. The Morgan fingerprint density at radius 1 is 1.62 bits per heavy atom. The van der Waals surface area contributed by atoms with Gasteiger partial charge in [-0.15, -0.1) is 11.3 Å². The molecule has 0 unspecified atom stereocenters. The Morgan fingerprint density at radius 3 is 3.08 bits per heavy atom. The molecule has 2 aromatic heterocycles. The topological polar surface area (TPSA) is 62.7 Å². The molecule has 0 bridgehead atoms. The highest BCUT2D eigenvalue weighted by molar-refractivity contribution is 7.23. The first-order chi connectivity index (χ1) is 6.24. The van der Waals surface area contributed by atoms with Crippen molar-refractivity contribution in [1.29, 1.82) is 5.26 Å². The van der Waals surface area contributed by atoms with E-state index in [0.29, 0.717) is 10.6 Å². The lowest BCUT2D eigenvalue weighted by Gasteiger charge is -1.93. The van der Waals surface area contributed by atoms with Gasteiger partial charge in [0.25, 0.3) is 0 Å². The zero-order chi connectivity index (χ0) is 9.42. The van der Waals surface area contributed by atoms with Crippen molar-refractivity contribution in [2.24, 2.45) is 0 Å². The van der Waals surface area contributed by atoms with Gasteiger partial charge in [-0.25, -0.2) is 0 Å². The quantitative estimate of drug-likeness (QED) is 0.690. The van der Waals surface area contributed by atoms with E-state index in [2.05, 4.69) is 11.1 Å². The molecular formula is C9H7N3S. The van der Waals surface area contributed by atoms with Gasteiger partial charge in [-0.05, 0) is 13.0 Å². The molecule has 0 saturated carbocycles. The number of pyridine rings is 1. The van der Waals surface area contributed by atoms with Crippen molar-refractivity contribution < 1.29 is 0 Å². The molecule has 0 aliphatic carbocycles. The van der Waals surface area contributed by atoms with Crippen LogP contribution in [0.4, 0.5) is 5.00 Å². The molecule has 0 atom stereocenters. The molecule has 0 radical (unpaired) electrons. The molecule has 2 aromatic rings. The number of aromatic nitrogens is 1. The Hall–Kier alpha value is -1.60. The standard InChI is InChI=1S/C9H7N3S/c1-5-8-6(4-10)9(11)13-7(8)2-3-12-5/h2-3H,11H2,1H3. The maximum absolute atomic E-state index is 8.88. The minimum atomic E-state index is 0.561. The molecule has 0 saturated heterocycles. The fourth-order valence-corrected chi connectivity index (χ4v) is 2.30. The van der Waals surface area contributed by atoms with E-state index >= 15 is 0 Å². The number of anilines is 1. The summed E-state index contributed by atoms with van der Waals surface area (Å²) >= 11 is 1.43. The number of nitrogen functional groups attached to an aromatic ring is 1. The lowest BCUT2D eigenvalue weighted by molar-refractivity contribution is 1.24. The molecule has 64 valence electrons. The van der Waals surface area contributed by atoms with Gasteiger partial charge in [0.2, 0.25) is 0 Å². The number of nitriles is 1. The summed E-state index contributed by atoms with van der Waals surface area (Å²) in [4.78, 5) is 4.13. The fraction of sp³-hybridized carbons (Fsp3) is 0.111. The number of hydrogen-bond donors (Lipinski definition) is 1. The first kappa shape index (κ1) is 8.02. The second-order valence-corrected chi connectivity index (χ2v) is 3.81. The van der Waals surface area contributed by atoms with Crippen molar-refractivity contribution in [3.8, 4) is 6.07 Å². The van der Waals surface area contributed by atoms with Gasteiger partial charge in [0, 0.05) is 22.0 Å². The molecule has 0 aliphatic rings. The van der Waals surface area contributed by atoms with Crippen LogP contribution in [0.5, 0.6) is 0 Å². The lowest BCUT2D eigenvalue weighted by Crippen LogP contribution is -1.85. The maximum Gasteiger partial charge on any atom is 0.105 e. The zero-order valence-electron chi connectivity index (χ0n) is 7.03. The van der Waals surface area contributed by atoms with Crippen molar-refractivity contribution in [3.63, 3.8) is 0 Å². The van der Waals surface area contributed by atoms with Gasteiger partial charge in [0.05, 0.1) is 5.56 Å². The summed E-state index contributed by atoms with van der Waals surface area (Å²) in [6.07, 6.45) is 1.73. The fourth-order valence-electron chi connectivity index (χ4n) is 1.34. The predicted molar refractivity (Wildman–Crippen MR) is 53.5 cm³/mol. The summed E-state index contributed by atoms with van der Waals surface area (Å²) in [5, 5.41) is 10.4. The van der Waals surface area contributed by atoms with Crippen molar-refractivity contribution in [1.82, 2.24) is 4.98 Å². The highest BCUT2D eigenvalue weighted by Crippen LogP contribution is 2.33. The zero-order valence-corrected chi connectivity index (χ0v) is 7.85. The van der Waals surface area contributed by atoms with Crippen LogP contribution >= 0.6 is 11.3 Å². The molecule has 2 N–H and O–H groups in total. The average molecular weight is 189 g/mol. The highest BCUT2D eigenvalue weighted by atomic mass is 32.1. The van der Waals surface area contributed by atoms with E-state index in [4.69, 9.17) is 11.0 Å². The number of aryl methyl sites for hydroxylation is 1. The molecule has 3 nitrogen and oxygen atoms in total. The molecular weight excluding hydrogens is 182 g/mol. The first-order valence-electron chi connectivity index (χ1n) is 3.77. The maximum atomic E-state index is 8.88. The number of fused-ring (bicyclic) bond motifs is 1. The van der Waals surface area contributed by atoms with Crippen LogP contribution in [0.3, 0.4) is 0 Å². The van der Waals surface area contributed by atoms with Crippen LogP contribution in [0, 0.1) is 18.3 Å². The summed E-state index contributed by atoms with van der Waals surface area (Å²) < 4.78 is 1.03. The van der Waals surface area contributed by atoms with Crippen molar-refractivity contribution in [2.45, 2.75) is 6.92 Å². The molecule has 0 amide bonds. The van der Waals surface area contributed by atoms with Gasteiger partial charge in [0.1, 0.15) is 11.1 Å². The second-order valence-electron chi connectivity index (χ2n) is 2.72. The van der Waals surface area contributed by atoms with Crippen LogP contribution in [-0.4, -0.2) is 4.98 Å². The summed E-state index contributed by atoms with van der Waals surface area (Å²) in [7, 11) is 0. The number of thiophene rings is 1. The molecule has 0 aliphatic heterocycles. The minimum Gasteiger partial charge on any atom is -0.389 e. The normalized spacial score (nSPS) is 10.2. The number of nitrogens with zero attached hydrogens (tertiary/aromatic N) is 2. The number of nitrogens with two attached hydrogens (primary N) is 1. The van der Waals surface area contributed by atoms with Crippen LogP contribution in [0.1, 0.15) is 11.3 Å². The van der Waals surface area contributed by atoms with Gasteiger partial charge in [0.15, 0.2) is 0 Å². The van der Waals surface area contributed by atoms with Crippen LogP contribution < -0.4 is 5.73 Å². The Labute approximate surface area is 79.4 Å². The molecule has 2 rings (SSSR count). The molecule has 13 heavy (non-hydrogen) atoms. The third-order valence-electron chi connectivity index (χ3n) is 1.93. The van der Waals surface area contributed by atoms with E-state index in [1.165, 1.54) is 11.3 Å². The van der Waals surface area contributed by atoms with E-state index in [0.717, 1.165) is 15.8 Å². The van der Waals surface area contributed by atoms with Crippen molar-refractivity contribution >= 4 is 26.4 Å². The van der Waals surface area contributed by atoms with E-state index < -0.39 is 0 Å². The summed E-state index contributed by atoms with van der Waals surface area (Å²) in [6, 6.07) is 3.98. The Bertz CT molecular complexity index is 507.